The lowest BCUT2D eigenvalue weighted by atomic mass is 9.94. The smallest absolute Gasteiger partial charge is 0.426 e. The first-order chi connectivity index (χ1) is 13.9. The Balaban J connectivity index is 1.76. The number of rotatable bonds is 6. The van der Waals surface area contributed by atoms with Crippen LogP contribution in [0.4, 0.5) is 37.0 Å². The number of alkyl halides is 6. The molecule has 0 atom stereocenters. The molecule has 14 heteroatoms. The van der Waals surface area contributed by atoms with Crippen LogP contribution in [0.15, 0.2) is 12.4 Å². The number of nitrogens with zero attached hydrogens (tertiary/aromatic N) is 3. The summed E-state index contributed by atoms with van der Waals surface area (Å²) in [5.41, 5.74) is 5.06. The van der Waals surface area contributed by atoms with Gasteiger partial charge in [-0.25, -0.2) is 14.8 Å². The van der Waals surface area contributed by atoms with Gasteiger partial charge in [0.1, 0.15) is 11.5 Å². The molecule has 1 aromatic heterocycles. The van der Waals surface area contributed by atoms with Crippen LogP contribution in [0.3, 0.4) is 0 Å². The maximum Gasteiger partial charge on any atom is 0.434 e. The second kappa shape index (κ2) is 9.34. The highest BCUT2D eigenvalue weighted by atomic mass is 19.4. The Labute approximate surface area is 166 Å². The molecule has 0 saturated carbocycles. The van der Waals surface area contributed by atoms with E-state index in [0.29, 0.717) is 31.6 Å². The van der Waals surface area contributed by atoms with E-state index in [-0.39, 0.29) is 24.7 Å². The first-order valence-corrected chi connectivity index (χ1v) is 8.82. The SMILES string of the molecule is NC(=O)c1cnc(NCCC2CCN(C(=O)OC(C(F)(F)F)C(F)(F)F)CC2)cn1. The van der Waals surface area contributed by atoms with Gasteiger partial charge in [0.05, 0.1) is 12.4 Å². The van der Waals surface area contributed by atoms with Gasteiger partial charge < -0.3 is 20.7 Å². The van der Waals surface area contributed by atoms with Gasteiger partial charge in [-0.3, -0.25) is 4.79 Å². The number of aromatic nitrogens is 2. The van der Waals surface area contributed by atoms with E-state index in [0.717, 1.165) is 4.90 Å². The Morgan fingerprint density at radius 3 is 2.20 bits per heavy atom. The Kier molecular flexibility index (Phi) is 7.31. The van der Waals surface area contributed by atoms with E-state index >= 15 is 0 Å². The molecular weight excluding hydrogens is 424 g/mol. The van der Waals surface area contributed by atoms with Crippen molar-refractivity contribution in [3.63, 3.8) is 0 Å². The summed E-state index contributed by atoms with van der Waals surface area (Å²) in [6.07, 6.45) is -13.3. The summed E-state index contributed by atoms with van der Waals surface area (Å²) in [5.74, 6) is -0.206. The first kappa shape index (κ1) is 23.5. The van der Waals surface area contributed by atoms with Gasteiger partial charge in [0, 0.05) is 19.6 Å². The summed E-state index contributed by atoms with van der Waals surface area (Å²) in [6.45, 7) is 0.433. The molecule has 1 aliphatic rings. The molecule has 1 fully saturated rings. The Morgan fingerprint density at radius 1 is 1.13 bits per heavy atom. The number of likely N-dealkylation sites (tertiary alicyclic amines) is 1. The molecule has 0 bridgehead atoms. The second-order valence-electron chi connectivity index (χ2n) is 6.64. The number of primary amides is 1. The molecule has 1 aliphatic heterocycles. The topological polar surface area (TPSA) is 110 Å². The summed E-state index contributed by atoms with van der Waals surface area (Å²) < 4.78 is 78.6. The summed E-state index contributed by atoms with van der Waals surface area (Å²) in [7, 11) is 0. The third kappa shape index (κ3) is 6.62. The van der Waals surface area contributed by atoms with Crippen LogP contribution in [0.2, 0.25) is 0 Å². The molecule has 1 saturated heterocycles. The molecule has 168 valence electrons. The molecule has 0 aliphatic carbocycles. The van der Waals surface area contributed by atoms with Gasteiger partial charge in [-0.05, 0) is 25.2 Å². The molecule has 0 radical (unpaired) electrons. The number of nitrogens with one attached hydrogen (secondary N) is 1. The van der Waals surface area contributed by atoms with Crippen LogP contribution in [0, 0.1) is 5.92 Å². The largest absolute Gasteiger partial charge is 0.434 e. The van der Waals surface area contributed by atoms with E-state index in [1.807, 2.05) is 0 Å². The zero-order valence-corrected chi connectivity index (χ0v) is 15.5. The van der Waals surface area contributed by atoms with Crippen molar-refractivity contribution in [1.82, 2.24) is 14.9 Å². The molecular formula is C16H19F6N5O3. The Bertz CT molecular complexity index is 718. The molecule has 2 heterocycles. The van der Waals surface area contributed by atoms with Crippen LogP contribution in [-0.4, -0.2) is 65.0 Å². The van der Waals surface area contributed by atoms with Gasteiger partial charge >= 0.3 is 18.4 Å². The lowest BCUT2D eigenvalue weighted by Gasteiger charge is -2.33. The van der Waals surface area contributed by atoms with Crippen LogP contribution < -0.4 is 11.1 Å². The molecule has 0 unspecified atom stereocenters. The molecule has 0 spiro atoms. The molecule has 2 amide bonds. The highest BCUT2D eigenvalue weighted by molar-refractivity contribution is 5.90. The molecule has 1 aromatic rings. The standard InChI is InChI=1S/C16H19F6N5O3/c17-15(18,19)13(16(20,21)22)30-14(29)27-5-2-9(3-6-27)1-4-24-11-8-25-10(7-26-11)12(23)28/h7-9,13H,1-6H2,(H2,23,28)(H,24,26). The first-order valence-electron chi connectivity index (χ1n) is 8.82. The highest BCUT2D eigenvalue weighted by Gasteiger charge is 2.60. The van der Waals surface area contributed by atoms with E-state index in [1.165, 1.54) is 12.4 Å². The van der Waals surface area contributed by atoms with Crippen molar-refractivity contribution >= 4 is 17.8 Å². The number of hydrogen-bond acceptors (Lipinski definition) is 6. The quantitative estimate of drug-likeness (QED) is 0.655. The van der Waals surface area contributed by atoms with E-state index in [9.17, 15) is 35.9 Å². The van der Waals surface area contributed by atoms with Crippen molar-refractivity contribution < 1.29 is 40.7 Å². The number of ether oxygens (including phenoxy) is 1. The number of carbonyl (C=O) groups excluding carboxylic acids is 2. The summed E-state index contributed by atoms with van der Waals surface area (Å²) in [5, 5.41) is 2.97. The third-order valence-electron chi connectivity index (χ3n) is 4.45. The van der Waals surface area contributed by atoms with Gasteiger partial charge in [0.25, 0.3) is 12.0 Å². The lowest BCUT2D eigenvalue weighted by Crippen LogP contribution is -2.49. The normalized spacial score (nSPS) is 15.9. The van der Waals surface area contributed by atoms with Gasteiger partial charge in [-0.1, -0.05) is 0 Å². The maximum absolute atomic E-state index is 12.5. The number of amides is 2. The van der Waals surface area contributed by atoms with Gasteiger partial charge in [-0.15, -0.1) is 0 Å². The number of carbonyl (C=O) groups is 2. The van der Waals surface area contributed by atoms with Crippen LogP contribution in [0.1, 0.15) is 29.8 Å². The number of halogens is 6. The van der Waals surface area contributed by atoms with Crippen LogP contribution in [-0.2, 0) is 4.74 Å². The zero-order chi connectivity index (χ0) is 22.5. The third-order valence-corrected chi connectivity index (χ3v) is 4.45. The maximum atomic E-state index is 12.5. The van der Waals surface area contributed by atoms with Crippen LogP contribution in [0.25, 0.3) is 0 Å². The lowest BCUT2D eigenvalue weighted by molar-refractivity contribution is -0.308. The molecule has 0 aromatic carbocycles. The minimum Gasteiger partial charge on any atom is -0.426 e. The molecule has 8 nitrogen and oxygen atoms in total. The molecule has 3 N–H and O–H groups in total. The second-order valence-corrected chi connectivity index (χ2v) is 6.64. The van der Waals surface area contributed by atoms with Crippen molar-refractivity contribution in [1.29, 1.82) is 0 Å². The fourth-order valence-electron chi connectivity index (χ4n) is 2.85. The molecule has 2 rings (SSSR count). The summed E-state index contributed by atoms with van der Waals surface area (Å²) in [4.78, 5) is 31.2. The summed E-state index contributed by atoms with van der Waals surface area (Å²) >= 11 is 0. The fourth-order valence-corrected chi connectivity index (χ4v) is 2.85. The fraction of sp³-hybridized carbons (Fsp3) is 0.625. The Morgan fingerprint density at radius 2 is 1.73 bits per heavy atom. The minimum atomic E-state index is -5.74. The van der Waals surface area contributed by atoms with Crippen molar-refractivity contribution in [2.45, 2.75) is 37.7 Å². The number of anilines is 1. The molecule has 30 heavy (non-hydrogen) atoms. The van der Waals surface area contributed by atoms with Crippen molar-refractivity contribution in [3.8, 4) is 0 Å². The monoisotopic (exact) mass is 443 g/mol. The van der Waals surface area contributed by atoms with Gasteiger partial charge in [0.15, 0.2) is 0 Å². The number of hydrogen-bond donors (Lipinski definition) is 2. The van der Waals surface area contributed by atoms with E-state index < -0.39 is 30.5 Å². The van der Waals surface area contributed by atoms with Crippen LogP contribution >= 0.6 is 0 Å². The number of nitrogens with two attached hydrogens (primary N) is 1. The van der Waals surface area contributed by atoms with E-state index in [4.69, 9.17) is 5.73 Å². The number of piperidine rings is 1. The van der Waals surface area contributed by atoms with Gasteiger partial charge in [0.2, 0.25) is 0 Å². The van der Waals surface area contributed by atoms with Crippen molar-refractivity contribution in [2.24, 2.45) is 11.7 Å². The average Bonchev–Trinajstić information content (AvgIpc) is 2.65. The highest BCUT2D eigenvalue weighted by Crippen LogP contribution is 2.36. The predicted octanol–water partition coefficient (Wildman–Crippen LogP) is 2.72. The van der Waals surface area contributed by atoms with E-state index in [1.54, 1.807) is 0 Å². The van der Waals surface area contributed by atoms with E-state index in [2.05, 4.69) is 20.0 Å². The van der Waals surface area contributed by atoms with Crippen molar-refractivity contribution in [2.75, 3.05) is 25.0 Å². The van der Waals surface area contributed by atoms with Crippen molar-refractivity contribution in [3.05, 3.63) is 18.1 Å². The zero-order valence-electron chi connectivity index (χ0n) is 15.5. The van der Waals surface area contributed by atoms with Gasteiger partial charge in [-0.2, -0.15) is 26.3 Å². The summed E-state index contributed by atoms with van der Waals surface area (Å²) in [6, 6.07) is 0. The van der Waals surface area contributed by atoms with Crippen LogP contribution in [0.5, 0.6) is 0 Å². The average molecular weight is 443 g/mol. The Hall–Kier alpha value is -2.80. The minimum absolute atomic E-state index is 0.0121. The predicted molar refractivity (Wildman–Crippen MR) is 90.3 cm³/mol.